The number of hydrogen-bond donors (Lipinski definition) is 3. The Balaban J connectivity index is 2.73. The Morgan fingerprint density at radius 2 is 1.72 bits per heavy atom. The molecular weight excluding hydrogens is 320 g/mol. The first kappa shape index (κ1) is 21.8. The number of amides is 1. The summed E-state index contributed by atoms with van der Waals surface area (Å²) in [5.41, 5.74) is 5.55. The molecule has 0 aliphatic heterocycles. The second-order valence-electron chi connectivity index (χ2n) is 7.55. The van der Waals surface area contributed by atoms with Crippen molar-refractivity contribution in [3.63, 3.8) is 0 Å². The zero-order chi connectivity index (χ0) is 19.0. The third kappa shape index (κ3) is 6.86. The number of hydrogen-bond acceptors (Lipinski definition) is 5. The molecule has 144 valence electrons. The largest absolute Gasteiger partial charge is 0.393 e. The van der Waals surface area contributed by atoms with Crippen LogP contribution in [0.2, 0.25) is 0 Å². The van der Waals surface area contributed by atoms with Crippen LogP contribution in [-0.2, 0) is 14.4 Å². The summed E-state index contributed by atoms with van der Waals surface area (Å²) in [4.78, 5) is 37.3. The molecule has 1 unspecified atom stereocenters. The van der Waals surface area contributed by atoms with Crippen LogP contribution in [0, 0.1) is 17.8 Å². The van der Waals surface area contributed by atoms with Crippen LogP contribution >= 0.6 is 0 Å². The average molecular weight is 354 g/mol. The van der Waals surface area contributed by atoms with Gasteiger partial charge in [0.05, 0.1) is 18.1 Å². The molecule has 0 bridgehead atoms. The van der Waals surface area contributed by atoms with Gasteiger partial charge in [-0.05, 0) is 32.7 Å². The molecule has 1 aliphatic carbocycles. The highest BCUT2D eigenvalue weighted by molar-refractivity contribution is 5.93. The van der Waals surface area contributed by atoms with Crippen LogP contribution in [-0.4, -0.2) is 41.3 Å². The molecule has 0 heterocycles. The first-order valence-corrected chi connectivity index (χ1v) is 9.52. The fraction of sp³-hybridized carbons (Fsp3) is 0.842. The SMILES string of the molecule is CC(C)C(=O)[C@H](CCN)NC(=O)[C@@H](CC(=O)C1CCCCC1)C(C)O. The van der Waals surface area contributed by atoms with Crippen molar-refractivity contribution in [2.24, 2.45) is 23.5 Å². The first-order chi connectivity index (χ1) is 11.8. The zero-order valence-corrected chi connectivity index (χ0v) is 15.8. The zero-order valence-electron chi connectivity index (χ0n) is 15.8. The summed E-state index contributed by atoms with van der Waals surface area (Å²) in [7, 11) is 0. The molecule has 0 aromatic carbocycles. The van der Waals surface area contributed by atoms with Crippen molar-refractivity contribution in [3.05, 3.63) is 0 Å². The van der Waals surface area contributed by atoms with Crippen LogP contribution in [0.5, 0.6) is 0 Å². The Labute approximate surface area is 150 Å². The van der Waals surface area contributed by atoms with Gasteiger partial charge >= 0.3 is 0 Å². The minimum Gasteiger partial charge on any atom is -0.393 e. The van der Waals surface area contributed by atoms with Crippen molar-refractivity contribution in [2.75, 3.05) is 6.54 Å². The number of nitrogens with one attached hydrogen (secondary N) is 1. The highest BCUT2D eigenvalue weighted by Crippen LogP contribution is 2.27. The van der Waals surface area contributed by atoms with E-state index in [2.05, 4.69) is 5.32 Å². The van der Waals surface area contributed by atoms with Gasteiger partial charge in [0, 0.05) is 18.3 Å². The maximum absolute atomic E-state index is 12.6. The average Bonchev–Trinajstić information content (AvgIpc) is 2.58. The summed E-state index contributed by atoms with van der Waals surface area (Å²) in [5, 5.41) is 12.7. The molecule has 0 aromatic heterocycles. The molecule has 3 atom stereocenters. The van der Waals surface area contributed by atoms with Crippen molar-refractivity contribution in [3.8, 4) is 0 Å². The van der Waals surface area contributed by atoms with Gasteiger partial charge in [-0.3, -0.25) is 14.4 Å². The third-order valence-corrected chi connectivity index (χ3v) is 5.09. The molecule has 1 fully saturated rings. The highest BCUT2D eigenvalue weighted by Gasteiger charge is 2.32. The molecule has 1 rings (SSSR count). The lowest BCUT2D eigenvalue weighted by molar-refractivity contribution is -0.137. The lowest BCUT2D eigenvalue weighted by Crippen LogP contribution is -2.48. The van der Waals surface area contributed by atoms with Crippen LogP contribution < -0.4 is 11.1 Å². The monoisotopic (exact) mass is 354 g/mol. The van der Waals surface area contributed by atoms with Gasteiger partial charge < -0.3 is 16.2 Å². The number of rotatable bonds is 10. The standard InChI is InChI=1S/C19H34N2O4/c1-12(2)18(24)16(9-10-20)21-19(25)15(13(3)22)11-17(23)14-7-5-4-6-8-14/h12-16,22H,4-11,20H2,1-3H3,(H,21,25)/t13?,15-,16-/m0/s1. The summed E-state index contributed by atoms with van der Waals surface area (Å²) in [5.74, 6) is -1.51. The van der Waals surface area contributed by atoms with Crippen LogP contribution in [0.1, 0.15) is 65.7 Å². The van der Waals surface area contributed by atoms with Crippen molar-refractivity contribution >= 4 is 17.5 Å². The van der Waals surface area contributed by atoms with E-state index < -0.39 is 24.0 Å². The van der Waals surface area contributed by atoms with E-state index in [1.807, 2.05) is 0 Å². The summed E-state index contributed by atoms with van der Waals surface area (Å²) in [6.45, 7) is 5.35. The van der Waals surface area contributed by atoms with Crippen molar-refractivity contribution < 1.29 is 19.5 Å². The fourth-order valence-electron chi connectivity index (χ4n) is 3.42. The van der Waals surface area contributed by atoms with E-state index >= 15 is 0 Å². The minimum absolute atomic E-state index is 0.0000604. The van der Waals surface area contributed by atoms with Crippen LogP contribution in [0.4, 0.5) is 0 Å². The van der Waals surface area contributed by atoms with Crippen LogP contribution in [0.3, 0.4) is 0 Å². The number of carbonyl (C=O) groups is 3. The molecule has 25 heavy (non-hydrogen) atoms. The summed E-state index contributed by atoms with van der Waals surface area (Å²) in [6, 6.07) is -0.663. The first-order valence-electron chi connectivity index (χ1n) is 9.52. The number of aliphatic hydroxyl groups is 1. The third-order valence-electron chi connectivity index (χ3n) is 5.09. The summed E-state index contributed by atoms with van der Waals surface area (Å²) >= 11 is 0. The molecule has 0 aromatic rings. The quantitative estimate of drug-likeness (QED) is 0.552. The normalized spacial score (nSPS) is 19.3. The minimum atomic E-state index is -0.944. The van der Waals surface area contributed by atoms with Gasteiger partial charge in [-0.15, -0.1) is 0 Å². The molecule has 6 nitrogen and oxygen atoms in total. The Morgan fingerprint density at radius 1 is 1.12 bits per heavy atom. The molecule has 1 aliphatic rings. The molecule has 1 amide bonds. The Kier molecular flexibility index (Phi) is 9.28. The molecule has 0 spiro atoms. The van der Waals surface area contributed by atoms with E-state index in [0.29, 0.717) is 6.42 Å². The second-order valence-corrected chi connectivity index (χ2v) is 7.55. The number of aliphatic hydroxyl groups excluding tert-OH is 1. The number of carbonyl (C=O) groups excluding carboxylic acids is 3. The Hall–Kier alpha value is -1.27. The number of Topliss-reactive ketones (excluding diaryl/α,β-unsaturated/α-hetero) is 2. The maximum atomic E-state index is 12.6. The van der Waals surface area contributed by atoms with Gasteiger partial charge in [0.15, 0.2) is 5.78 Å². The van der Waals surface area contributed by atoms with Crippen molar-refractivity contribution in [1.29, 1.82) is 0 Å². The Bertz CT molecular complexity index is 456. The predicted octanol–water partition coefficient (Wildman–Crippen LogP) is 1.58. The molecule has 0 radical (unpaired) electrons. The molecule has 4 N–H and O–H groups in total. The highest BCUT2D eigenvalue weighted by atomic mass is 16.3. The topological polar surface area (TPSA) is 109 Å². The van der Waals surface area contributed by atoms with Gasteiger partial charge in [-0.1, -0.05) is 33.1 Å². The number of nitrogens with two attached hydrogens (primary N) is 1. The molecule has 0 saturated heterocycles. The van der Waals surface area contributed by atoms with E-state index in [1.165, 1.54) is 6.92 Å². The lowest BCUT2D eigenvalue weighted by atomic mass is 9.82. The van der Waals surface area contributed by atoms with Gasteiger partial charge in [0.2, 0.25) is 5.91 Å². The molecule has 6 heteroatoms. The molecule has 1 saturated carbocycles. The van der Waals surface area contributed by atoms with E-state index in [1.54, 1.807) is 13.8 Å². The maximum Gasteiger partial charge on any atom is 0.226 e. The number of ketones is 2. The smallest absolute Gasteiger partial charge is 0.226 e. The van der Waals surface area contributed by atoms with E-state index in [0.717, 1.165) is 32.1 Å². The van der Waals surface area contributed by atoms with Gasteiger partial charge in [-0.2, -0.15) is 0 Å². The predicted molar refractivity (Wildman–Crippen MR) is 96.8 cm³/mol. The van der Waals surface area contributed by atoms with Crippen LogP contribution in [0.25, 0.3) is 0 Å². The van der Waals surface area contributed by atoms with Crippen LogP contribution in [0.15, 0.2) is 0 Å². The van der Waals surface area contributed by atoms with Gasteiger partial charge in [0.25, 0.3) is 0 Å². The van der Waals surface area contributed by atoms with E-state index in [9.17, 15) is 19.5 Å². The van der Waals surface area contributed by atoms with Gasteiger partial charge in [0.1, 0.15) is 5.78 Å². The van der Waals surface area contributed by atoms with Crippen molar-refractivity contribution in [1.82, 2.24) is 5.32 Å². The Morgan fingerprint density at radius 3 is 2.20 bits per heavy atom. The summed E-state index contributed by atoms with van der Waals surface area (Å²) < 4.78 is 0. The second kappa shape index (κ2) is 10.7. The molecular formula is C19H34N2O4. The van der Waals surface area contributed by atoms with Gasteiger partial charge in [-0.25, -0.2) is 0 Å². The van der Waals surface area contributed by atoms with E-state index in [-0.39, 0.29) is 36.4 Å². The lowest BCUT2D eigenvalue weighted by Gasteiger charge is -2.26. The van der Waals surface area contributed by atoms with E-state index in [4.69, 9.17) is 5.73 Å². The fourth-order valence-corrected chi connectivity index (χ4v) is 3.42. The summed E-state index contributed by atoms with van der Waals surface area (Å²) in [6.07, 6.45) is 4.42. The van der Waals surface area contributed by atoms with Crippen molar-refractivity contribution in [2.45, 2.75) is 77.9 Å².